The van der Waals surface area contributed by atoms with Crippen LogP contribution in [0.25, 0.3) is 27.9 Å². The Kier molecular flexibility index (Phi) is 3.67. The number of nitrogens with zero attached hydrogens (tertiary/aromatic N) is 4. The summed E-state index contributed by atoms with van der Waals surface area (Å²) in [5.74, 6) is -0.402. The second-order valence-corrected chi connectivity index (χ2v) is 7.70. The van der Waals surface area contributed by atoms with Crippen LogP contribution >= 0.6 is 0 Å². The molecule has 0 aliphatic carbocycles. The van der Waals surface area contributed by atoms with Crippen molar-refractivity contribution in [1.82, 2.24) is 19.3 Å². The first-order valence-electron chi connectivity index (χ1n) is 9.80. The van der Waals surface area contributed by atoms with Crippen molar-refractivity contribution in [2.75, 3.05) is 32.0 Å². The largest absolute Gasteiger partial charge is 0.424 e. The minimum Gasteiger partial charge on any atom is -0.424 e. The number of hydrogen-bond donors (Lipinski definition) is 1. The number of ether oxygens (including phenoxy) is 2. The molecule has 0 amide bonds. The molecule has 2 aliphatic heterocycles. The van der Waals surface area contributed by atoms with Gasteiger partial charge in [0.1, 0.15) is 11.2 Å². The Labute approximate surface area is 166 Å². The van der Waals surface area contributed by atoms with Gasteiger partial charge < -0.3 is 24.0 Å². The molecule has 6 rings (SSSR count). The van der Waals surface area contributed by atoms with Crippen LogP contribution in [0.3, 0.4) is 0 Å². The predicted octanol–water partition coefficient (Wildman–Crippen LogP) is 2.67. The van der Waals surface area contributed by atoms with Gasteiger partial charge in [-0.05, 0) is 35.4 Å². The number of imidazole rings is 1. The number of aromatic nitrogens is 3. The highest BCUT2D eigenvalue weighted by Crippen LogP contribution is 2.31. The van der Waals surface area contributed by atoms with Crippen LogP contribution in [-0.2, 0) is 16.0 Å². The third kappa shape index (κ3) is 2.88. The first-order chi connectivity index (χ1) is 14.2. The van der Waals surface area contributed by atoms with Crippen LogP contribution in [0.2, 0.25) is 0 Å². The van der Waals surface area contributed by atoms with E-state index in [0.717, 1.165) is 54.0 Å². The number of hydrogen-bond acceptors (Lipinski definition) is 7. The molecule has 3 aromatic heterocycles. The molecule has 5 heterocycles. The smallest absolute Gasteiger partial charge is 0.292 e. The fourth-order valence-electron chi connectivity index (χ4n) is 4.37. The van der Waals surface area contributed by atoms with E-state index in [1.54, 1.807) is 0 Å². The molecule has 29 heavy (non-hydrogen) atoms. The second kappa shape index (κ2) is 6.28. The predicted molar refractivity (Wildman–Crippen MR) is 107 cm³/mol. The van der Waals surface area contributed by atoms with Crippen LogP contribution in [0.1, 0.15) is 12.1 Å². The average molecular weight is 391 g/mol. The topological polar surface area (TPSA) is 91.0 Å². The van der Waals surface area contributed by atoms with Gasteiger partial charge in [0.05, 0.1) is 31.6 Å². The molecule has 0 bridgehead atoms. The Morgan fingerprint density at radius 3 is 2.86 bits per heavy atom. The van der Waals surface area contributed by atoms with E-state index in [-0.39, 0.29) is 6.01 Å². The molecule has 2 saturated heterocycles. The fourth-order valence-corrected chi connectivity index (χ4v) is 4.37. The SMILES string of the molecule is Nc1nc2cc(-c3ccc4ncc(CN5CCC6(C5)OCCO6)n4c3)ccc2o1. The van der Waals surface area contributed by atoms with Crippen molar-refractivity contribution < 1.29 is 13.9 Å². The molecule has 1 aromatic carbocycles. The van der Waals surface area contributed by atoms with E-state index >= 15 is 0 Å². The monoisotopic (exact) mass is 391 g/mol. The van der Waals surface area contributed by atoms with E-state index in [9.17, 15) is 0 Å². The maximum atomic E-state index is 5.84. The average Bonchev–Trinajstić information content (AvgIpc) is 3.50. The van der Waals surface area contributed by atoms with Crippen LogP contribution in [0.5, 0.6) is 0 Å². The van der Waals surface area contributed by atoms with Gasteiger partial charge >= 0.3 is 0 Å². The molecule has 0 radical (unpaired) electrons. The summed E-state index contributed by atoms with van der Waals surface area (Å²) < 4.78 is 19.2. The number of pyridine rings is 1. The van der Waals surface area contributed by atoms with Crippen molar-refractivity contribution in [3.63, 3.8) is 0 Å². The van der Waals surface area contributed by atoms with E-state index in [1.807, 2.05) is 30.5 Å². The number of fused-ring (bicyclic) bond motifs is 2. The minimum atomic E-state index is -0.402. The lowest BCUT2D eigenvalue weighted by atomic mass is 10.1. The number of benzene rings is 1. The molecule has 0 saturated carbocycles. The number of rotatable bonds is 3. The van der Waals surface area contributed by atoms with Crippen molar-refractivity contribution in [3.05, 3.63) is 48.4 Å². The summed E-state index contributed by atoms with van der Waals surface area (Å²) in [6, 6.07) is 10.2. The molecular weight excluding hydrogens is 370 g/mol. The summed E-state index contributed by atoms with van der Waals surface area (Å²) in [5, 5.41) is 0. The maximum absolute atomic E-state index is 5.84. The number of nitrogens with two attached hydrogens (primary N) is 1. The van der Waals surface area contributed by atoms with Gasteiger partial charge in [0.25, 0.3) is 6.01 Å². The molecule has 0 unspecified atom stereocenters. The zero-order valence-electron chi connectivity index (χ0n) is 15.9. The molecule has 0 atom stereocenters. The zero-order valence-corrected chi connectivity index (χ0v) is 15.9. The fraction of sp³-hybridized carbons (Fsp3) is 0.333. The second-order valence-electron chi connectivity index (χ2n) is 7.70. The summed E-state index contributed by atoms with van der Waals surface area (Å²) in [7, 11) is 0. The molecule has 2 fully saturated rings. The summed E-state index contributed by atoms with van der Waals surface area (Å²) in [6.07, 6.45) is 4.98. The number of oxazole rings is 1. The molecule has 148 valence electrons. The highest BCUT2D eigenvalue weighted by Gasteiger charge is 2.43. The Morgan fingerprint density at radius 1 is 1.10 bits per heavy atom. The standard InChI is InChI=1S/C21H21N5O3/c22-20-24-17-9-14(1-3-18(17)29-20)15-2-4-19-23-10-16(26(19)11-15)12-25-6-5-21(13-25)27-7-8-28-21/h1-4,9-11H,5-8,12-13H2,(H2,22,24). The van der Waals surface area contributed by atoms with Crippen molar-refractivity contribution in [3.8, 4) is 11.1 Å². The summed E-state index contributed by atoms with van der Waals surface area (Å²) in [6.45, 7) is 3.93. The normalized spacial score (nSPS) is 19.2. The third-order valence-corrected chi connectivity index (χ3v) is 5.79. The molecule has 8 heteroatoms. The van der Waals surface area contributed by atoms with Gasteiger partial charge in [-0.2, -0.15) is 4.98 Å². The minimum absolute atomic E-state index is 0.183. The Morgan fingerprint density at radius 2 is 1.97 bits per heavy atom. The van der Waals surface area contributed by atoms with E-state index in [4.69, 9.17) is 19.6 Å². The van der Waals surface area contributed by atoms with Gasteiger partial charge in [0, 0.05) is 25.7 Å². The first-order valence-corrected chi connectivity index (χ1v) is 9.80. The molecule has 2 N–H and O–H groups in total. The first kappa shape index (κ1) is 17.0. The Hall–Kier alpha value is -2.94. The van der Waals surface area contributed by atoms with E-state index < -0.39 is 5.79 Å². The number of likely N-dealkylation sites (tertiary alicyclic amines) is 1. The molecular formula is C21H21N5O3. The Balaban J connectivity index is 1.31. The summed E-state index contributed by atoms with van der Waals surface area (Å²) in [5.41, 5.74) is 11.3. The Bertz CT molecular complexity index is 1210. The van der Waals surface area contributed by atoms with E-state index in [0.29, 0.717) is 18.8 Å². The van der Waals surface area contributed by atoms with Crippen LogP contribution in [0, 0.1) is 0 Å². The van der Waals surface area contributed by atoms with Crippen molar-refractivity contribution in [1.29, 1.82) is 0 Å². The van der Waals surface area contributed by atoms with Crippen molar-refractivity contribution in [2.45, 2.75) is 18.8 Å². The van der Waals surface area contributed by atoms with Crippen molar-refractivity contribution >= 4 is 22.8 Å². The molecule has 4 aromatic rings. The maximum Gasteiger partial charge on any atom is 0.292 e. The van der Waals surface area contributed by atoms with Crippen LogP contribution < -0.4 is 5.73 Å². The van der Waals surface area contributed by atoms with Crippen molar-refractivity contribution in [2.24, 2.45) is 0 Å². The van der Waals surface area contributed by atoms with Crippen LogP contribution in [0.15, 0.2) is 47.1 Å². The van der Waals surface area contributed by atoms with Gasteiger partial charge in [0.2, 0.25) is 0 Å². The van der Waals surface area contributed by atoms with Gasteiger partial charge in [-0.15, -0.1) is 0 Å². The van der Waals surface area contributed by atoms with Gasteiger partial charge in [0.15, 0.2) is 11.4 Å². The quantitative estimate of drug-likeness (QED) is 0.574. The number of nitrogen functional groups attached to an aromatic ring is 1. The highest BCUT2D eigenvalue weighted by atomic mass is 16.7. The molecule has 1 spiro atoms. The van der Waals surface area contributed by atoms with E-state index in [2.05, 4.69) is 31.5 Å². The zero-order chi connectivity index (χ0) is 19.4. The lowest BCUT2D eigenvalue weighted by Crippen LogP contribution is -2.34. The number of anilines is 1. The third-order valence-electron chi connectivity index (χ3n) is 5.79. The van der Waals surface area contributed by atoms with Crippen LogP contribution in [-0.4, -0.2) is 51.4 Å². The van der Waals surface area contributed by atoms with E-state index in [1.165, 1.54) is 0 Å². The molecule has 8 nitrogen and oxygen atoms in total. The van der Waals surface area contributed by atoms with Gasteiger partial charge in [-0.1, -0.05) is 6.07 Å². The summed E-state index contributed by atoms with van der Waals surface area (Å²) in [4.78, 5) is 11.2. The van der Waals surface area contributed by atoms with Gasteiger partial charge in [-0.25, -0.2) is 4.98 Å². The van der Waals surface area contributed by atoms with Crippen LogP contribution in [0.4, 0.5) is 6.01 Å². The summed E-state index contributed by atoms with van der Waals surface area (Å²) >= 11 is 0. The molecule has 2 aliphatic rings. The lowest BCUT2D eigenvalue weighted by molar-refractivity contribution is -0.145. The lowest BCUT2D eigenvalue weighted by Gasteiger charge is -2.22. The van der Waals surface area contributed by atoms with Gasteiger partial charge in [-0.3, -0.25) is 4.90 Å². The highest BCUT2D eigenvalue weighted by molar-refractivity contribution is 5.81.